The number of imidazole rings is 1. The molecule has 2 aliphatic heterocycles. The number of nitrogens with one attached hydrogen (secondary N) is 1. The molecule has 0 bridgehead atoms. The molecule has 1 N–H and O–H groups in total. The van der Waals surface area contributed by atoms with Crippen LogP contribution in [0.4, 0.5) is 0 Å². The van der Waals surface area contributed by atoms with E-state index in [4.69, 9.17) is 0 Å². The van der Waals surface area contributed by atoms with Crippen LogP contribution < -0.4 is 5.32 Å². The monoisotopic (exact) mass is 394 g/mol. The highest BCUT2D eigenvalue weighted by Crippen LogP contribution is 2.23. The maximum atomic E-state index is 13.2. The first-order chi connectivity index (χ1) is 14.1. The summed E-state index contributed by atoms with van der Waals surface area (Å²) >= 11 is 0. The van der Waals surface area contributed by atoms with Gasteiger partial charge < -0.3 is 14.8 Å². The van der Waals surface area contributed by atoms with E-state index in [9.17, 15) is 9.59 Å². The van der Waals surface area contributed by atoms with Crippen LogP contribution in [-0.4, -0.2) is 39.4 Å². The van der Waals surface area contributed by atoms with Crippen molar-refractivity contribution in [3.8, 4) is 0 Å². The molecule has 2 aliphatic rings. The molecule has 3 heterocycles. The van der Waals surface area contributed by atoms with E-state index in [2.05, 4.69) is 16.4 Å². The van der Waals surface area contributed by atoms with E-state index in [-0.39, 0.29) is 11.8 Å². The van der Waals surface area contributed by atoms with Gasteiger partial charge in [-0.1, -0.05) is 42.7 Å². The van der Waals surface area contributed by atoms with Crippen molar-refractivity contribution in [2.75, 3.05) is 13.1 Å². The summed E-state index contributed by atoms with van der Waals surface area (Å²) in [5.41, 5.74) is 3.66. The molecule has 0 radical (unpaired) electrons. The second-order valence-electron chi connectivity index (χ2n) is 8.22. The Morgan fingerprint density at radius 1 is 1.03 bits per heavy atom. The number of amides is 2. The second-order valence-corrected chi connectivity index (χ2v) is 8.22. The van der Waals surface area contributed by atoms with E-state index >= 15 is 0 Å². The van der Waals surface area contributed by atoms with E-state index in [0.29, 0.717) is 18.1 Å². The third-order valence-electron chi connectivity index (χ3n) is 5.95. The predicted octanol–water partition coefficient (Wildman–Crippen LogP) is 3.47. The Hall–Kier alpha value is -2.63. The van der Waals surface area contributed by atoms with Crippen LogP contribution in [0.3, 0.4) is 0 Å². The molecule has 1 aromatic carbocycles. The molecular formula is C23H30N4O2. The van der Waals surface area contributed by atoms with Crippen LogP contribution in [0, 0.1) is 6.92 Å². The molecule has 6 nitrogen and oxygen atoms in total. The smallest absolute Gasteiger partial charge is 0.287 e. The average molecular weight is 395 g/mol. The van der Waals surface area contributed by atoms with Gasteiger partial charge in [0, 0.05) is 26.2 Å². The number of aromatic nitrogens is 2. The van der Waals surface area contributed by atoms with Crippen LogP contribution >= 0.6 is 0 Å². The highest BCUT2D eigenvalue weighted by atomic mass is 16.2. The minimum atomic E-state index is -0.204. The Morgan fingerprint density at radius 3 is 2.55 bits per heavy atom. The number of likely N-dealkylation sites (tertiary alicyclic amines) is 1. The van der Waals surface area contributed by atoms with Crippen molar-refractivity contribution >= 4 is 11.8 Å². The van der Waals surface area contributed by atoms with E-state index < -0.39 is 0 Å². The van der Waals surface area contributed by atoms with Crippen LogP contribution in [0.5, 0.6) is 0 Å². The normalized spacial score (nSPS) is 16.8. The van der Waals surface area contributed by atoms with Gasteiger partial charge in [-0.25, -0.2) is 4.98 Å². The zero-order valence-electron chi connectivity index (χ0n) is 17.2. The van der Waals surface area contributed by atoms with Crippen molar-refractivity contribution in [1.82, 2.24) is 19.8 Å². The fourth-order valence-corrected chi connectivity index (χ4v) is 4.39. The summed E-state index contributed by atoms with van der Waals surface area (Å²) in [5.74, 6) is 0.172. The van der Waals surface area contributed by atoms with Crippen LogP contribution in [0.2, 0.25) is 0 Å². The Kier molecular flexibility index (Phi) is 5.97. The summed E-state index contributed by atoms with van der Waals surface area (Å²) in [6, 6.07) is 8.10. The van der Waals surface area contributed by atoms with E-state index in [1.165, 1.54) is 18.4 Å². The van der Waals surface area contributed by atoms with Crippen LogP contribution in [-0.2, 0) is 19.5 Å². The average Bonchev–Trinajstić information content (AvgIpc) is 2.91. The van der Waals surface area contributed by atoms with Crippen LogP contribution in [0.15, 0.2) is 24.3 Å². The zero-order chi connectivity index (χ0) is 20.2. The van der Waals surface area contributed by atoms with E-state index in [1.807, 2.05) is 34.6 Å². The summed E-state index contributed by atoms with van der Waals surface area (Å²) in [7, 11) is 0. The number of carbonyl (C=O) groups is 2. The Balaban J connectivity index is 1.55. The number of carbonyl (C=O) groups excluding carboxylic acids is 2. The molecule has 1 fully saturated rings. The lowest BCUT2D eigenvalue weighted by Crippen LogP contribution is -2.33. The highest BCUT2D eigenvalue weighted by molar-refractivity contribution is 5.97. The number of fused-ring (bicyclic) bond motifs is 1. The van der Waals surface area contributed by atoms with Gasteiger partial charge in [-0.15, -0.1) is 0 Å². The predicted molar refractivity (Wildman–Crippen MR) is 112 cm³/mol. The summed E-state index contributed by atoms with van der Waals surface area (Å²) in [4.78, 5) is 32.6. The van der Waals surface area contributed by atoms with Crippen molar-refractivity contribution in [3.05, 3.63) is 52.6 Å². The van der Waals surface area contributed by atoms with Crippen molar-refractivity contribution in [3.63, 3.8) is 0 Å². The van der Waals surface area contributed by atoms with Crippen molar-refractivity contribution in [2.45, 2.75) is 65.0 Å². The highest BCUT2D eigenvalue weighted by Gasteiger charge is 2.30. The molecule has 2 aromatic rings. The van der Waals surface area contributed by atoms with Gasteiger partial charge in [-0.05, 0) is 44.6 Å². The molecule has 2 amide bonds. The molecule has 1 saturated heterocycles. The number of benzene rings is 1. The molecular weight excluding hydrogens is 364 g/mol. The van der Waals surface area contributed by atoms with Crippen molar-refractivity contribution in [2.24, 2.45) is 0 Å². The first-order valence-corrected chi connectivity index (χ1v) is 10.9. The number of rotatable bonds is 4. The maximum Gasteiger partial charge on any atom is 0.287 e. The number of nitrogens with zero attached hydrogens (tertiary/aromatic N) is 3. The summed E-state index contributed by atoms with van der Waals surface area (Å²) in [6.45, 7) is 4.83. The lowest BCUT2D eigenvalue weighted by molar-refractivity contribution is 0.0754. The van der Waals surface area contributed by atoms with Gasteiger partial charge in [0.05, 0.1) is 5.69 Å². The third kappa shape index (κ3) is 4.36. The quantitative estimate of drug-likeness (QED) is 0.863. The van der Waals surface area contributed by atoms with Gasteiger partial charge in [0.25, 0.3) is 11.8 Å². The number of hydrogen-bond acceptors (Lipinski definition) is 3. The Morgan fingerprint density at radius 2 is 1.79 bits per heavy atom. The standard InChI is InChI=1S/C23H30N4O2/c1-17-9-8-10-18(15-17)16-24-22(28)21-25-20(19-11-4-7-14-27(19)21)23(29)26-12-5-2-3-6-13-26/h8-10,15H,2-7,11-14,16H2,1H3,(H,24,28). The lowest BCUT2D eigenvalue weighted by atomic mass is 10.1. The minimum absolute atomic E-state index is 0.00437. The molecule has 154 valence electrons. The molecule has 4 rings (SSSR count). The first-order valence-electron chi connectivity index (χ1n) is 10.9. The van der Waals surface area contributed by atoms with Gasteiger partial charge in [-0.2, -0.15) is 0 Å². The third-order valence-corrected chi connectivity index (χ3v) is 5.95. The number of aryl methyl sites for hydroxylation is 1. The molecule has 1 aromatic heterocycles. The lowest BCUT2D eigenvalue weighted by Gasteiger charge is -2.21. The van der Waals surface area contributed by atoms with Gasteiger partial charge in [-0.3, -0.25) is 9.59 Å². The summed E-state index contributed by atoms with van der Waals surface area (Å²) in [6.07, 6.45) is 7.31. The van der Waals surface area contributed by atoms with Crippen LogP contribution in [0.1, 0.15) is 76.5 Å². The van der Waals surface area contributed by atoms with Crippen molar-refractivity contribution in [1.29, 1.82) is 0 Å². The van der Waals surface area contributed by atoms with Crippen molar-refractivity contribution < 1.29 is 9.59 Å². The molecule has 29 heavy (non-hydrogen) atoms. The fraction of sp³-hybridized carbons (Fsp3) is 0.522. The van der Waals surface area contributed by atoms with Crippen LogP contribution in [0.25, 0.3) is 0 Å². The Labute approximate surface area is 172 Å². The minimum Gasteiger partial charge on any atom is -0.345 e. The maximum absolute atomic E-state index is 13.2. The van der Waals surface area contributed by atoms with E-state index in [1.54, 1.807) is 0 Å². The van der Waals surface area contributed by atoms with Gasteiger partial charge in [0.1, 0.15) is 5.69 Å². The summed E-state index contributed by atoms with van der Waals surface area (Å²) in [5, 5.41) is 2.99. The molecule has 0 atom stereocenters. The Bertz CT molecular complexity index is 894. The SMILES string of the molecule is Cc1cccc(CNC(=O)c2nc(C(=O)N3CCCCCC3)c3n2CCCC3)c1. The first kappa shape index (κ1) is 19.7. The van der Waals surface area contributed by atoms with Gasteiger partial charge in [0.15, 0.2) is 5.82 Å². The van der Waals surface area contributed by atoms with Gasteiger partial charge >= 0.3 is 0 Å². The molecule has 0 aliphatic carbocycles. The van der Waals surface area contributed by atoms with Gasteiger partial charge in [0.2, 0.25) is 0 Å². The molecule has 0 spiro atoms. The number of hydrogen-bond donors (Lipinski definition) is 1. The largest absolute Gasteiger partial charge is 0.345 e. The topological polar surface area (TPSA) is 67.2 Å². The summed E-state index contributed by atoms with van der Waals surface area (Å²) < 4.78 is 1.97. The zero-order valence-corrected chi connectivity index (χ0v) is 17.2. The van der Waals surface area contributed by atoms with E-state index in [0.717, 1.165) is 63.0 Å². The molecule has 0 saturated carbocycles. The second kappa shape index (κ2) is 8.80. The molecule has 0 unspecified atom stereocenters. The fourth-order valence-electron chi connectivity index (χ4n) is 4.39. The molecule has 6 heteroatoms.